The van der Waals surface area contributed by atoms with Crippen LogP contribution in [-0.4, -0.2) is 18.3 Å². The second-order valence-electron chi connectivity index (χ2n) is 4.18. The Morgan fingerprint density at radius 1 is 1.24 bits per heavy atom. The molecule has 1 unspecified atom stereocenters. The van der Waals surface area contributed by atoms with Crippen LogP contribution in [0, 0.1) is 17.6 Å². The molecular formula is C12H13ClF2O2. The number of hydrogen-bond acceptors (Lipinski definition) is 2. The monoisotopic (exact) mass is 262 g/mol. The van der Waals surface area contributed by atoms with Gasteiger partial charge in [-0.05, 0) is 30.9 Å². The summed E-state index contributed by atoms with van der Waals surface area (Å²) >= 11 is 5.82. The van der Waals surface area contributed by atoms with Crippen molar-refractivity contribution in [2.45, 2.75) is 18.9 Å². The van der Waals surface area contributed by atoms with Crippen LogP contribution in [0.1, 0.15) is 24.5 Å². The van der Waals surface area contributed by atoms with Crippen molar-refractivity contribution in [2.75, 3.05) is 13.2 Å². The topological polar surface area (TPSA) is 29.5 Å². The second-order valence-corrected chi connectivity index (χ2v) is 4.59. The first-order valence-electron chi connectivity index (χ1n) is 5.50. The molecule has 2 rings (SSSR count). The number of hydrogen-bond donors (Lipinski definition) is 1. The predicted octanol–water partition coefficient (Wildman–Crippen LogP) is 3.08. The Labute approximate surface area is 103 Å². The van der Waals surface area contributed by atoms with E-state index in [1.165, 1.54) is 0 Å². The zero-order chi connectivity index (χ0) is 12.4. The largest absolute Gasteiger partial charge is 0.388 e. The van der Waals surface area contributed by atoms with Gasteiger partial charge < -0.3 is 9.84 Å². The fourth-order valence-electron chi connectivity index (χ4n) is 2.05. The molecule has 0 aliphatic carbocycles. The van der Waals surface area contributed by atoms with E-state index >= 15 is 0 Å². The minimum atomic E-state index is -1.00. The fourth-order valence-corrected chi connectivity index (χ4v) is 2.31. The molecule has 0 bridgehead atoms. The van der Waals surface area contributed by atoms with E-state index in [4.69, 9.17) is 16.3 Å². The normalized spacial score (nSPS) is 19.3. The summed E-state index contributed by atoms with van der Waals surface area (Å²) in [6.45, 7) is 1.14. The number of rotatable bonds is 2. The molecule has 0 saturated carbocycles. The van der Waals surface area contributed by atoms with Gasteiger partial charge in [-0.2, -0.15) is 0 Å². The highest BCUT2D eigenvalue weighted by atomic mass is 35.5. The van der Waals surface area contributed by atoms with E-state index in [9.17, 15) is 13.9 Å². The van der Waals surface area contributed by atoms with E-state index in [-0.39, 0.29) is 16.5 Å². The van der Waals surface area contributed by atoms with Gasteiger partial charge in [0.2, 0.25) is 0 Å². The van der Waals surface area contributed by atoms with Gasteiger partial charge in [0.1, 0.15) is 0 Å². The highest BCUT2D eigenvalue weighted by Crippen LogP contribution is 2.34. The van der Waals surface area contributed by atoms with Gasteiger partial charge in [0.05, 0.1) is 6.10 Å². The van der Waals surface area contributed by atoms with Crippen LogP contribution in [0.5, 0.6) is 0 Å². The van der Waals surface area contributed by atoms with Crippen LogP contribution in [0.25, 0.3) is 0 Å². The minimum Gasteiger partial charge on any atom is -0.388 e. The van der Waals surface area contributed by atoms with E-state index in [1.807, 2.05) is 0 Å². The van der Waals surface area contributed by atoms with Crippen molar-refractivity contribution < 1.29 is 18.6 Å². The van der Waals surface area contributed by atoms with Crippen molar-refractivity contribution in [3.8, 4) is 0 Å². The van der Waals surface area contributed by atoms with Gasteiger partial charge in [-0.15, -0.1) is 0 Å². The molecule has 1 aliphatic rings. The molecule has 0 aromatic heterocycles. The molecule has 1 saturated heterocycles. The zero-order valence-corrected chi connectivity index (χ0v) is 9.88. The molecule has 2 nitrogen and oxygen atoms in total. The molecule has 5 heteroatoms. The van der Waals surface area contributed by atoms with Gasteiger partial charge in [0.15, 0.2) is 11.6 Å². The van der Waals surface area contributed by atoms with Crippen LogP contribution >= 0.6 is 11.6 Å². The molecule has 1 aromatic rings. The lowest BCUT2D eigenvalue weighted by atomic mass is 9.89. The molecule has 1 aromatic carbocycles. The Kier molecular flexibility index (Phi) is 3.97. The average Bonchev–Trinajstić information content (AvgIpc) is 2.34. The summed E-state index contributed by atoms with van der Waals surface area (Å²) in [4.78, 5) is 0. The summed E-state index contributed by atoms with van der Waals surface area (Å²) in [6.07, 6.45) is 0.508. The van der Waals surface area contributed by atoms with E-state index < -0.39 is 17.7 Å². The molecule has 94 valence electrons. The minimum absolute atomic E-state index is 0.0221. The molecule has 1 heterocycles. The highest BCUT2D eigenvalue weighted by molar-refractivity contribution is 6.31. The molecule has 1 N–H and O–H groups in total. The third-order valence-electron chi connectivity index (χ3n) is 3.07. The predicted molar refractivity (Wildman–Crippen MR) is 59.9 cm³/mol. The van der Waals surface area contributed by atoms with Crippen LogP contribution in [0.2, 0.25) is 5.02 Å². The molecule has 0 radical (unpaired) electrons. The van der Waals surface area contributed by atoms with Crippen LogP contribution in [0.3, 0.4) is 0 Å². The maximum Gasteiger partial charge on any atom is 0.160 e. The van der Waals surface area contributed by atoms with Crippen molar-refractivity contribution >= 4 is 11.6 Å². The quantitative estimate of drug-likeness (QED) is 0.830. The summed E-state index contributed by atoms with van der Waals surface area (Å²) in [5.74, 6) is -2.01. The van der Waals surface area contributed by atoms with Crippen LogP contribution in [-0.2, 0) is 4.74 Å². The Morgan fingerprint density at radius 3 is 2.47 bits per heavy atom. The van der Waals surface area contributed by atoms with Gasteiger partial charge in [-0.1, -0.05) is 11.6 Å². The van der Waals surface area contributed by atoms with E-state index in [0.29, 0.717) is 26.1 Å². The van der Waals surface area contributed by atoms with Gasteiger partial charge in [0, 0.05) is 23.8 Å². The smallest absolute Gasteiger partial charge is 0.160 e. The standard InChI is InChI=1S/C12H13ClF2O2/c13-9-6-11(15)10(14)5-8(9)12(16)7-1-3-17-4-2-7/h5-7,12,16H,1-4H2. The maximum absolute atomic E-state index is 13.1. The van der Waals surface area contributed by atoms with Crippen molar-refractivity contribution in [3.63, 3.8) is 0 Å². The Bertz CT molecular complexity index is 406. The van der Waals surface area contributed by atoms with Gasteiger partial charge in [-0.3, -0.25) is 0 Å². The lowest BCUT2D eigenvalue weighted by Gasteiger charge is -2.27. The van der Waals surface area contributed by atoms with Crippen molar-refractivity contribution in [1.82, 2.24) is 0 Å². The van der Waals surface area contributed by atoms with Crippen molar-refractivity contribution in [2.24, 2.45) is 5.92 Å². The summed E-state index contributed by atoms with van der Waals surface area (Å²) in [5.41, 5.74) is 0.248. The van der Waals surface area contributed by atoms with Crippen LogP contribution in [0.4, 0.5) is 8.78 Å². The summed E-state index contributed by atoms with van der Waals surface area (Å²) in [6, 6.07) is 1.87. The molecule has 0 amide bonds. The van der Waals surface area contributed by atoms with E-state index in [2.05, 4.69) is 0 Å². The van der Waals surface area contributed by atoms with E-state index in [0.717, 1.165) is 12.1 Å². The Morgan fingerprint density at radius 2 is 1.82 bits per heavy atom. The van der Waals surface area contributed by atoms with Crippen LogP contribution in [0.15, 0.2) is 12.1 Å². The lowest BCUT2D eigenvalue weighted by molar-refractivity contribution is 0.00708. The molecule has 1 aliphatic heterocycles. The Balaban J connectivity index is 2.23. The van der Waals surface area contributed by atoms with Crippen LogP contribution < -0.4 is 0 Å². The second kappa shape index (κ2) is 5.29. The van der Waals surface area contributed by atoms with Gasteiger partial charge in [-0.25, -0.2) is 8.78 Å². The van der Waals surface area contributed by atoms with Crippen molar-refractivity contribution in [1.29, 1.82) is 0 Å². The lowest BCUT2D eigenvalue weighted by Crippen LogP contribution is -2.22. The molecular weight excluding hydrogens is 250 g/mol. The number of aliphatic hydroxyl groups excluding tert-OH is 1. The third kappa shape index (κ3) is 2.76. The highest BCUT2D eigenvalue weighted by Gasteiger charge is 2.26. The molecule has 1 fully saturated rings. The fraction of sp³-hybridized carbons (Fsp3) is 0.500. The van der Waals surface area contributed by atoms with Gasteiger partial charge in [0.25, 0.3) is 0 Å². The third-order valence-corrected chi connectivity index (χ3v) is 3.40. The summed E-state index contributed by atoms with van der Waals surface area (Å²) < 4.78 is 31.2. The number of ether oxygens (including phenoxy) is 1. The first kappa shape index (κ1) is 12.7. The molecule has 17 heavy (non-hydrogen) atoms. The van der Waals surface area contributed by atoms with Crippen molar-refractivity contribution in [3.05, 3.63) is 34.4 Å². The summed E-state index contributed by atoms with van der Waals surface area (Å²) in [7, 11) is 0. The SMILES string of the molecule is OC(c1cc(F)c(F)cc1Cl)C1CCOCC1. The zero-order valence-electron chi connectivity index (χ0n) is 9.13. The number of benzene rings is 1. The Hall–Kier alpha value is -0.710. The average molecular weight is 263 g/mol. The summed E-state index contributed by atoms with van der Waals surface area (Å²) in [5, 5.41) is 10.2. The molecule has 0 spiro atoms. The maximum atomic E-state index is 13.1. The first-order valence-corrected chi connectivity index (χ1v) is 5.87. The number of aliphatic hydroxyl groups is 1. The van der Waals surface area contributed by atoms with E-state index in [1.54, 1.807) is 0 Å². The number of halogens is 3. The molecule has 1 atom stereocenters. The van der Waals surface area contributed by atoms with Gasteiger partial charge >= 0.3 is 0 Å². The first-order chi connectivity index (χ1) is 8.09.